The van der Waals surface area contributed by atoms with Gasteiger partial charge in [-0.25, -0.2) is 18.6 Å². The Morgan fingerprint density at radius 3 is 2.48 bits per heavy atom. The SMILES string of the molecule is Nc1cc(-c2ccc(Cl)c(C(F)F)c2Cl)nc(OC(=O)O)c1Cl. The van der Waals surface area contributed by atoms with Crippen LogP contribution in [0, 0.1) is 0 Å². The molecule has 2 rings (SSSR count). The van der Waals surface area contributed by atoms with Gasteiger partial charge in [0.1, 0.15) is 5.02 Å². The lowest BCUT2D eigenvalue weighted by molar-refractivity contribution is 0.142. The Kier molecular flexibility index (Phi) is 5.13. The fraction of sp³-hybridized carbons (Fsp3) is 0.0769. The fourth-order valence-corrected chi connectivity index (χ4v) is 2.55. The molecule has 0 aliphatic heterocycles. The molecular weight excluding hydrogens is 377 g/mol. The van der Waals surface area contributed by atoms with Gasteiger partial charge < -0.3 is 15.6 Å². The zero-order valence-electron chi connectivity index (χ0n) is 11.0. The molecule has 23 heavy (non-hydrogen) atoms. The zero-order valence-corrected chi connectivity index (χ0v) is 13.3. The van der Waals surface area contributed by atoms with E-state index >= 15 is 0 Å². The number of hydrogen-bond acceptors (Lipinski definition) is 4. The highest BCUT2D eigenvalue weighted by molar-refractivity contribution is 6.38. The third-order valence-corrected chi connectivity index (χ3v) is 3.88. The number of nitrogen functional groups attached to an aromatic ring is 1. The highest BCUT2D eigenvalue weighted by Crippen LogP contribution is 2.41. The average molecular weight is 384 g/mol. The summed E-state index contributed by atoms with van der Waals surface area (Å²) in [4.78, 5) is 14.5. The maximum Gasteiger partial charge on any atom is 0.512 e. The molecule has 0 fully saturated rings. The van der Waals surface area contributed by atoms with Gasteiger partial charge in [0.15, 0.2) is 0 Å². The monoisotopic (exact) mass is 382 g/mol. The summed E-state index contributed by atoms with van der Waals surface area (Å²) in [6.45, 7) is 0. The van der Waals surface area contributed by atoms with Crippen molar-refractivity contribution in [2.24, 2.45) is 0 Å². The van der Waals surface area contributed by atoms with Crippen LogP contribution in [-0.2, 0) is 0 Å². The average Bonchev–Trinajstić information content (AvgIpc) is 2.43. The van der Waals surface area contributed by atoms with Crippen LogP contribution in [0.15, 0.2) is 18.2 Å². The van der Waals surface area contributed by atoms with Crippen LogP contribution in [0.4, 0.5) is 19.3 Å². The number of anilines is 1. The molecule has 2 aromatic rings. The van der Waals surface area contributed by atoms with Crippen molar-refractivity contribution >= 4 is 46.6 Å². The summed E-state index contributed by atoms with van der Waals surface area (Å²) in [6.07, 6.45) is -4.57. The Balaban J connectivity index is 2.65. The van der Waals surface area contributed by atoms with Gasteiger partial charge in [-0.15, -0.1) is 0 Å². The number of halogens is 5. The summed E-state index contributed by atoms with van der Waals surface area (Å²) in [5.41, 5.74) is 5.10. The minimum atomic E-state index is -2.91. The lowest BCUT2D eigenvalue weighted by atomic mass is 10.1. The minimum absolute atomic E-state index is 0.00622. The molecule has 0 atom stereocenters. The molecule has 0 saturated heterocycles. The van der Waals surface area contributed by atoms with E-state index < -0.39 is 24.0 Å². The second-order valence-electron chi connectivity index (χ2n) is 4.21. The zero-order chi connectivity index (χ0) is 17.3. The lowest BCUT2D eigenvalue weighted by Gasteiger charge is -2.13. The molecule has 10 heteroatoms. The maximum absolute atomic E-state index is 13.0. The summed E-state index contributed by atoms with van der Waals surface area (Å²) in [5, 5.41) is 7.88. The molecule has 3 N–H and O–H groups in total. The van der Waals surface area contributed by atoms with Gasteiger partial charge in [-0.3, -0.25) is 0 Å². The summed E-state index contributed by atoms with van der Waals surface area (Å²) < 4.78 is 30.5. The summed E-state index contributed by atoms with van der Waals surface area (Å²) in [6, 6.07) is 3.81. The number of aromatic nitrogens is 1. The summed E-state index contributed by atoms with van der Waals surface area (Å²) in [7, 11) is 0. The molecule has 0 aliphatic carbocycles. The van der Waals surface area contributed by atoms with Crippen molar-refractivity contribution in [2.75, 3.05) is 5.73 Å². The number of alkyl halides is 2. The van der Waals surface area contributed by atoms with Gasteiger partial charge in [-0.2, -0.15) is 0 Å². The van der Waals surface area contributed by atoms with Crippen molar-refractivity contribution in [3.8, 4) is 17.1 Å². The number of nitrogens with two attached hydrogens (primary N) is 1. The number of rotatable bonds is 3. The highest BCUT2D eigenvalue weighted by atomic mass is 35.5. The first-order valence-electron chi connectivity index (χ1n) is 5.85. The number of hydrogen-bond donors (Lipinski definition) is 2. The second-order valence-corrected chi connectivity index (χ2v) is 5.37. The number of ether oxygens (including phenoxy) is 1. The third-order valence-electron chi connectivity index (χ3n) is 2.76. The molecule has 0 amide bonds. The van der Waals surface area contributed by atoms with Crippen LogP contribution in [-0.4, -0.2) is 16.2 Å². The van der Waals surface area contributed by atoms with Crippen LogP contribution in [0.5, 0.6) is 5.88 Å². The molecule has 1 aromatic carbocycles. The van der Waals surface area contributed by atoms with E-state index in [0.29, 0.717) is 0 Å². The first-order chi connectivity index (χ1) is 10.7. The molecule has 122 valence electrons. The first-order valence-corrected chi connectivity index (χ1v) is 6.99. The normalized spacial score (nSPS) is 10.9. The van der Waals surface area contributed by atoms with E-state index in [9.17, 15) is 13.6 Å². The molecule has 1 aromatic heterocycles. The molecule has 0 unspecified atom stereocenters. The topological polar surface area (TPSA) is 85.4 Å². The van der Waals surface area contributed by atoms with Crippen molar-refractivity contribution in [1.82, 2.24) is 4.98 Å². The number of nitrogens with zero attached hydrogens (tertiary/aromatic N) is 1. The van der Waals surface area contributed by atoms with Crippen molar-refractivity contribution < 1.29 is 23.4 Å². The standard InChI is InChI=1S/C13H7Cl3F2N2O3/c14-5-2-1-4(9(15)8(5)11(17)18)7-3-6(19)10(16)12(20-7)23-13(21)22/h1-3,11H,(H2,19,20)(H,21,22). The predicted molar refractivity (Wildman–Crippen MR) is 82.7 cm³/mol. The smallest absolute Gasteiger partial charge is 0.449 e. The van der Waals surface area contributed by atoms with Gasteiger partial charge in [0.25, 0.3) is 6.43 Å². The van der Waals surface area contributed by atoms with E-state index in [1.807, 2.05) is 0 Å². The Morgan fingerprint density at radius 1 is 1.26 bits per heavy atom. The Bertz CT molecular complexity index is 788. The fourth-order valence-electron chi connectivity index (χ4n) is 1.78. The summed E-state index contributed by atoms with van der Waals surface area (Å²) in [5.74, 6) is -0.487. The van der Waals surface area contributed by atoms with Crippen molar-refractivity contribution in [3.63, 3.8) is 0 Å². The van der Waals surface area contributed by atoms with E-state index in [1.165, 1.54) is 18.2 Å². The number of carboxylic acid groups (broad SMARTS) is 1. The van der Waals surface area contributed by atoms with Gasteiger partial charge in [0.05, 0.1) is 27.0 Å². The number of benzene rings is 1. The third kappa shape index (κ3) is 3.57. The van der Waals surface area contributed by atoms with Crippen LogP contribution >= 0.6 is 34.8 Å². The van der Waals surface area contributed by atoms with Crippen LogP contribution in [0.2, 0.25) is 15.1 Å². The quantitative estimate of drug-likeness (QED) is 0.704. The molecular formula is C13H7Cl3F2N2O3. The van der Waals surface area contributed by atoms with Crippen molar-refractivity contribution in [3.05, 3.63) is 38.8 Å². The molecule has 1 heterocycles. The van der Waals surface area contributed by atoms with E-state index in [4.69, 9.17) is 45.6 Å². The van der Waals surface area contributed by atoms with E-state index in [1.54, 1.807) is 0 Å². The van der Waals surface area contributed by atoms with E-state index in [0.717, 1.165) is 0 Å². The van der Waals surface area contributed by atoms with E-state index in [2.05, 4.69) is 9.72 Å². The Morgan fingerprint density at radius 2 is 1.91 bits per heavy atom. The van der Waals surface area contributed by atoms with E-state index in [-0.39, 0.29) is 32.0 Å². The van der Waals surface area contributed by atoms with Crippen molar-refractivity contribution in [2.45, 2.75) is 6.43 Å². The molecule has 0 spiro atoms. The first kappa shape index (κ1) is 17.5. The molecule has 0 aliphatic rings. The highest BCUT2D eigenvalue weighted by Gasteiger charge is 2.22. The van der Waals surface area contributed by atoms with Crippen LogP contribution in [0.25, 0.3) is 11.3 Å². The molecule has 5 nitrogen and oxygen atoms in total. The van der Waals surface area contributed by atoms with Gasteiger partial charge in [0, 0.05) is 5.56 Å². The van der Waals surface area contributed by atoms with Gasteiger partial charge in [-0.1, -0.05) is 34.8 Å². The summed E-state index contributed by atoms with van der Waals surface area (Å²) >= 11 is 17.5. The Hall–Kier alpha value is -1.83. The lowest BCUT2D eigenvalue weighted by Crippen LogP contribution is -2.07. The predicted octanol–water partition coefficient (Wildman–Crippen LogP) is 5.29. The number of carbonyl (C=O) groups is 1. The molecule has 0 radical (unpaired) electrons. The van der Waals surface area contributed by atoms with Crippen molar-refractivity contribution in [1.29, 1.82) is 0 Å². The van der Waals surface area contributed by atoms with Gasteiger partial charge in [0.2, 0.25) is 5.88 Å². The molecule has 0 saturated carbocycles. The van der Waals surface area contributed by atoms with Crippen LogP contribution in [0.1, 0.15) is 12.0 Å². The molecule has 0 bridgehead atoms. The number of pyridine rings is 1. The second kappa shape index (κ2) is 6.74. The van der Waals surface area contributed by atoms with Gasteiger partial charge in [-0.05, 0) is 18.2 Å². The van der Waals surface area contributed by atoms with Crippen LogP contribution < -0.4 is 10.5 Å². The Labute approximate surface area is 143 Å². The maximum atomic E-state index is 13.0. The minimum Gasteiger partial charge on any atom is -0.449 e. The largest absolute Gasteiger partial charge is 0.512 e. The van der Waals surface area contributed by atoms with Gasteiger partial charge >= 0.3 is 6.16 Å². The van der Waals surface area contributed by atoms with Crippen LogP contribution in [0.3, 0.4) is 0 Å².